The summed E-state index contributed by atoms with van der Waals surface area (Å²) < 4.78 is 2.03. The fourth-order valence-corrected chi connectivity index (χ4v) is 1.72. The summed E-state index contributed by atoms with van der Waals surface area (Å²) in [6, 6.07) is 5.98. The first-order chi connectivity index (χ1) is 8.38. The maximum Gasteiger partial charge on any atom is 0.225 e. The van der Waals surface area contributed by atoms with Crippen molar-refractivity contribution in [3.05, 3.63) is 35.8 Å². The first-order valence-electron chi connectivity index (χ1n) is 6.10. The molecule has 4 heteroatoms. The molecule has 2 aromatic heterocycles. The van der Waals surface area contributed by atoms with E-state index < -0.39 is 0 Å². The number of fused-ring (bicyclic) bond motifs is 1. The van der Waals surface area contributed by atoms with Crippen LogP contribution in [0.1, 0.15) is 32.2 Å². The molecule has 0 aromatic carbocycles. The lowest BCUT2D eigenvalue weighted by atomic mass is 9.96. The van der Waals surface area contributed by atoms with Crippen LogP contribution in [0.15, 0.2) is 24.4 Å². The van der Waals surface area contributed by atoms with Gasteiger partial charge in [0.1, 0.15) is 5.65 Å². The quantitative estimate of drug-likeness (QED) is 0.882. The van der Waals surface area contributed by atoms with E-state index in [4.69, 9.17) is 0 Å². The predicted molar refractivity (Wildman–Crippen MR) is 71.2 cm³/mol. The van der Waals surface area contributed by atoms with Gasteiger partial charge in [0, 0.05) is 17.3 Å². The lowest BCUT2D eigenvalue weighted by molar-refractivity contribution is -0.128. The number of aryl methyl sites for hydroxylation is 1. The third kappa shape index (κ3) is 2.53. The highest BCUT2D eigenvalue weighted by Crippen LogP contribution is 2.13. The minimum absolute atomic E-state index is 0.0382. The average molecular weight is 245 g/mol. The number of hydrogen-bond donors (Lipinski definition) is 1. The Labute approximate surface area is 107 Å². The smallest absolute Gasteiger partial charge is 0.225 e. The second-order valence-corrected chi connectivity index (χ2v) is 5.56. The van der Waals surface area contributed by atoms with E-state index in [0.717, 1.165) is 17.0 Å². The molecule has 1 N–H and O–H groups in total. The van der Waals surface area contributed by atoms with Gasteiger partial charge in [-0.15, -0.1) is 0 Å². The van der Waals surface area contributed by atoms with Crippen LogP contribution in [0.3, 0.4) is 0 Å². The number of rotatable bonds is 2. The summed E-state index contributed by atoms with van der Waals surface area (Å²) in [5, 5.41) is 2.90. The van der Waals surface area contributed by atoms with Crippen molar-refractivity contribution in [1.29, 1.82) is 0 Å². The minimum Gasteiger partial charge on any atom is -0.350 e. The maximum absolute atomic E-state index is 11.8. The molecule has 2 aromatic rings. The molecule has 4 nitrogen and oxygen atoms in total. The number of pyridine rings is 1. The Balaban J connectivity index is 2.14. The molecule has 0 spiro atoms. The van der Waals surface area contributed by atoms with Crippen molar-refractivity contribution in [2.45, 2.75) is 34.2 Å². The summed E-state index contributed by atoms with van der Waals surface area (Å²) in [6.07, 6.45) is 1.97. The zero-order valence-electron chi connectivity index (χ0n) is 11.3. The lowest BCUT2D eigenvalue weighted by Crippen LogP contribution is -2.34. The van der Waals surface area contributed by atoms with Gasteiger partial charge in [-0.1, -0.05) is 26.8 Å². The summed E-state index contributed by atoms with van der Waals surface area (Å²) in [4.78, 5) is 16.3. The SMILES string of the molecule is Cc1cccc2nc(CNC(=O)C(C)(C)C)cn12. The second-order valence-electron chi connectivity index (χ2n) is 5.56. The molecule has 18 heavy (non-hydrogen) atoms. The standard InChI is InChI=1S/C14H19N3O/c1-10-6-5-7-12-16-11(9-17(10)12)8-15-13(18)14(2,3)4/h5-7,9H,8H2,1-4H3,(H,15,18). The number of amides is 1. The highest BCUT2D eigenvalue weighted by molar-refractivity contribution is 5.81. The van der Waals surface area contributed by atoms with Gasteiger partial charge >= 0.3 is 0 Å². The zero-order valence-corrected chi connectivity index (χ0v) is 11.3. The zero-order chi connectivity index (χ0) is 13.3. The van der Waals surface area contributed by atoms with E-state index in [2.05, 4.69) is 10.3 Å². The van der Waals surface area contributed by atoms with Crippen LogP contribution in [0.5, 0.6) is 0 Å². The molecule has 0 aliphatic carbocycles. The number of carbonyl (C=O) groups is 1. The average Bonchev–Trinajstić information content (AvgIpc) is 2.69. The normalized spacial score (nSPS) is 11.8. The largest absolute Gasteiger partial charge is 0.350 e. The predicted octanol–water partition coefficient (Wildman–Crippen LogP) is 2.31. The highest BCUT2D eigenvalue weighted by atomic mass is 16.2. The third-order valence-corrected chi connectivity index (χ3v) is 2.86. The molecule has 0 unspecified atom stereocenters. The van der Waals surface area contributed by atoms with Crippen LogP contribution < -0.4 is 5.32 Å². The van der Waals surface area contributed by atoms with Crippen LogP contribution >= 0.6 is 0 Å². The van der Waals surface area contributed by atoms with Crippen LogP contribution in [0.4, 0.5) is 0 Å². The first kappa shape index (κ1) is 12.6. The van der Waals surface area contributed by atoms with Crippen molar-refractivity contribution in [3.8, 4) is 0 Å². The number of nitrogens with zero attached hydrogens (tertiary/aromatic N) is 2. The van der Waals surface area contributed by atoms with Crippen LogP contribution in [-0.2, 0) is 11.3 Å². The summed E-state index contributed by atoms with van der Waals surface area (Å²) in [7, 11) is 0. The molecule has 0 aliphatic rings. The van der Waals surface area contributed by atoms with Gasteiger partial charge < -0.3 is 9.72 Å². The van der Waals surface area contributed by atoms with Gasteiger partial charge in [-0.2, -0.15) is 0 Å². The number of imidazole rings is 1. The number of nitrogens with one attached hydrogen (secondary N) is 1. The van der Waals surface area contributed by atoms with Gasteiger partial charge in [-0.3, -0.25) is 4.79 Å². The molecule has 2 heterocycles. The number of carbonyl (C=O) groups excluding carboxylic acids is 1. The Hall–Kier alpha value is -1.84. The summed E-state index contributed by atoms with van der Waals surface area (Å²) >= 11 is 0. The van der Waals surface area contributed by atoms with Crippen LogP contribution in [0, 0.1) is 12.3 Å². The molecule has 1 amide bonds. The number of aromatic nitrogens is 2. The molecule has 0 bridgehead atoms. The van der Waals surface area contributed by atoms with Crippen LogP contribution in [0.2, 0.25) is 0 Å². The molecule has 96 valence electrons. The van der Waals surface area contributed by atoms with Crippen molar-refractivity contribution in [2.75, 3.05) is 0 Å². The molecule has 0 saturated heterocycles. The Morgan fingerprint density at radius 2 is 2.11 bits per heavy atom. The lowest BCUT2D eigenvalue weighted by Gasteiger charge is -2.16. The molecule has 0 fully saturated rings. The Kier molecular flexibility index (Phi) is 3.11. The monoisotopic (exact) mass is 245 g/mol. The molecule has 0 aliphatic heterocycles. The van der Waals surface area contributed by atoms with E-state index in [1.54, 1.807) is 0 Å². The summed E-state index contributed by atoms with van der Waals surface area (Å²) in [5.74, 6) is 0.0382. The fourth-order valence-electron chi connectivity index (χ4n) is 1.72. The van der Waals surface area contributed by atoms with Gasteiger partial charge in [0.2, 0.25) is 5.91 Å². The van der Waals surface area contributed by atoms with Crippen LogP contribution in [0.25, 0.3) is 5.65 Å². The van der Waals surface area contributed by atoms with Crippen molar-refractivity contribution < 1.29 is 4.79 Å². The maximum atomic E-state index is 11.8. The van der Waals surface area contributed by atoms with Gasteiger partial charge in [0.05, 0.1) is 12.2 Å². The van der Waals surface area contributed by atoms with Crippen LogP contribution in [-0.4, -0.2) is 15.3 Å². The first-order valence-corrected chi connectivity index (χ1v) is 6.10. The fraction of sp³-hybridized carbons (Fsp3) is 0.429. The molecular formula is C14H19N3O. The topological polar surface area (TPSA) is 46.4 Å². The summed E-state index contributed by atoms with van der Waals surface area (Å²) in [5.41, 5.74) is 2.56. The van der Waals surface area contributed by atoms with Crippen molar-refractivity contribution >= 4 is 11.6 Å². The second kappa shape index (κ2) is 4.44. The summed E-state index contributed by atoms with van der Waals surface area (Å²) in [6.45, 7) is 8.20. The van der Waals surface area contributed by atoms with E-state index in [-0.39, 0.29) is 11.3 Å². The Morgan fingerprint density at radius 3 is 2.72 bits per heavy atom. The molecule has 0 atom stereocenters. The van der Waals surface area contributed by atoms with E-state index in [1.165, 1.54) is 0 Å². The van der Waals surface area contributed by atoms with E-state index in [1.807, 2.05) is 56.5 Å². The Morgan fingerprint density at radius 1 is 1.39 bits per heavy atom. The van der Waals surface area contributed by atoms with Gasteiger partial charge in [0.25, 0.3) is 0 Å². The van der Waals surface area contributed by atoms with Gasteiger partial charge in [0.15, 0.2) is 0 Å². The van der Waals surface area contributed by atoms with Crippen molar-refractivity contribution in [1.82, 2.24) is 14.7 Å². The van der Waals surface area contributed by atoms with Gasteiger partial charge in [-0.25, -0.2) is 4.98 Å². The molecular weight excluding hydrogens is 226 g/mol. The minimum atomic E-state index is -0.366. The van der Waals surface area contributed by atoms with Gasteiger partial charge in [-0.05, 0) is 19.1 Å². The molecule has 0 saturated carbocycles. The van der Waals surface area contributed by atoms with E-state index in [0.29, 0.717) is 6.54 Å². The van der Waals surface area contributed by atoms with Crippen molar-refractivity contribution in [2.24, 2.45) is 5.41 Å². The number of hydrogen-bond acceptors (Lipinski definition) is 2. The molecule has 0 radical (unpaired) electrons. The van der Waals surface area contributed by atoms with E-state index in [9.17, 15) is 4.79 Å². The Bertz CT molecular complexity index is 578. The van der Waals surface area contributed by atoms with Crippen molar-refractivity contribution in [3.63, 3.8) is 0 Å². The van der Waals surface area contributed by atoms with E-state index >= 15 is 0 Å². The third-order valence-electron chi connectivity index (χ3n) is 2.86. The highest BCUT2D eigenvalue weighted by Gasteiger charge is 2.20. The molecule has 2 rings (SSSR count).